The molecule has 0 aliphatic heterocycles. The minimum absolute atomic E-state index is 0.0793. The van der Waals surface area contributed by atoms with E-state index >= 15 is 0 Å². The van der Waals surface area contributed by atoms with E-state index in [0.717, 1.165) is 5.69 Å². The van der Waals surface area contributed by atoms with Crippen molar-refractivity contribution in [3.63, 3.8) is 0 Å². The summed E-state index contributed by atoms with van der Waals surface area (Å²) in [4.78, 5) is 13.7. The molecule has 1 aromatic heterocycles. The number of amides is 2. The van der Waals surface area contributed by atoms with Crippen LogP contribution in [-0.4, -0.2) is 40.0 Å². The highest BCUT2D eigenvalue weighted by molar-refractivity contribution is 5.90. The fraction of sp³-hybridized carbons (Fsp3) is 0.750. The van der Waals surface area contributed by atoms with Gasteiger partial charge in [0, 0.05) is 26.3 Å². The number of nitrogens with zero attached hydrogens (tertiary/aromatic N) is 3. The van der Waals surface area contributed by atoms with Gasteiger partial charge in [0.15, 0.2) is 0 Å². The zero-order chi connectivity index (χ0) is 18.1. The van der Waals surface area contributed by atoms with E-state index in [4.69, 9.17) is 0 Å². The second-order valence-electron chi connectivity index (χ2n) is 6.80. The van der Waals surface area contributed by atoms with Gasteiger partial charge >= 0.3 is 12.2 Å². The number of hydrogen-bond donors (Lipinski definition) is 1. The number of hydrogen-bond acceptors (Lipinski definition) is 2. The number of alkyl halides is 3. The smallest absolute Gasteiger partial charge is 0.324 e. The quantitative estimate of drug-likeness (QED) is 0.895. The van der Waals surface area contributed by atoms with Crippen LogP contribution in [0.15, 0.2) is 6.20 Å². The summed E-state index contributed by atoms with van der Waals surface area (Å²) in [6, 6.07) is -1.34. The number of carbonyl (C=O) groups excluding carboxylic acids is 1. The van der Waals surface area contributed by atoms with Crippen molar-refractivity contribution < 1.29 is 18.0 Å². The summed E-state index contributed by atoms with van der Waals surface area (Å²) in [6.07, 6.45) is -0.899. The molecule has 0 aromatic carbocycles. The van der Waals surface area contributed by atoms with Crippen molar-refractivity contribution >= 4 is 11.7 Å². The Kier molecular flexibility index (Phi) is 5.45. The summed E-state index contributed by atoms with van der Waals surface area (Å²) >= 11 is 0. The number of aromatic nitrogens is 2. The Morgan fingerprint density at radius 2 is 2.00 bits per heavy atom. The molecule has 5 nitrogen and oxygen atoms in total. The van der Waals surface area contributed by atoms with Gasteiger partial charge in [-0.05, 0) is 18.8 Å². The Morgan fingerprint density at radius 3 is 2.58 bits per heavy atom. The molecular formula is C16H25F3N4O. The van der Waals surface area contributed by atoms with Crippen LogP contribution in [0.25, 0.3) is 0 Å². The SMILES string of the molecule is CC(C)c1nn(C)cc1NC(=O)N(C)[C@H]1CCCC[C@H]1C(F)(F)F. The first kappa shape index (κ1) is 18.6. The summed E-state index contributed by atoms with van der Waals surface area (Å²) in [7, 11) is 3.18. The highest BCUT2D eigenvalue weighted by Gasteiger charge is 2.47. The Balaban J connectivity index is 2.14. The molecule has 1 aliphatic rings. The molecule has 0 bridgehead atoms. The number of urea groups is 1. The van der Waals surface area contributed by atoms with E-state index in [0.29, 0.717) is 24.9 Å². The van der Waals surface area contributed by atoms with Crippen LogP contribution >= 0.6 is 0 Å². The molecule has 1 saturated carbocycles. The molecule has 1 aliphatic carbocycles. The molecule has 2 rings (SSSR count). The van der Waals surface area contributed by atoms with Crippen molar-refractivity contribution in [1.29, 1.82) is 0 Å². The third kappa shape index (κ3) is 4.02. The van der Waals surface area contributed by atoms with Crippen LogP contribution < -0.4 is 5.32 Å². The molecule has 2 amide bonds. The lowest BCUT2D eigenvalue weighted by Crippen LogP contribution is -2.49. The highest BCUT2D eigenvalue weighted by Crippen LogP contribution is 2.39. The van der Waals surface area contributed by atoms with Crippen LogP contribution in [-0.2, 0) is 7.05 Å². The first-order valence-corrected chi connectivity index (χ1v) is 8.25. The van der Waals surface area contributed by atoms with Crippen molar-refractivity contribution in [1.82, 2.24) is 14.7 Å². The molecule has 24 heavy (non-hydrogen) atoms. The predicted octanol–water partition coefficient (Wildman–Crippen LogP) is 4.13. The van der Waals surface area contributed by atoms with Gasteiger partial charge in [-0.15, -0.1) is 0 Å². The fourth-order valence-electron chi connectivity index (χ4n) is 3.34. The van der Waals surface area contributed by atoms with E-state index in [-0.39, 0.29) is 12.3 Å². The maximum atomic E-state index is 13.2. The van der Waals surface area contributed by atoms with Crippen molar-refractivity contribution in [2.45, 2.75) is 57.7 Å². The normalized spacial score (nSPS) is 21.8. The first-order valence-electron chi connectivity index (χ1n) is 8.25. The topological polar surface area (TPSA) is 50.2 Å². The fourth-order valence-corrected chi connectivity index (χ4v) is 3.34. The number of rotatable bonds is 3. The van der Waals surface area contributed by atoms with Crippen LogP contribution in [0.5, 0.6) is 0 Å². The van der Waals surface area contributed by atoms with Gasteiger partial charge in [0.1, 0.15) is 0 Å². The zero-order valence-electron chi connectivity index (χ0n) is 14.5. The Bertz CT molecular complexity index is 582. The predicted molar refractivity (Wildman–Crippen MR) is 85.9 cm³/mol. The summed E-state index contributed by atoms with van der Waals surface area (Å²) in [6.45, 7) is 3.89. The van der Waals surface area contributed by atoms with Gasteiger partial charge in [0.05, 0.1) is 17.3 Å². The van der Waals surface area contributed by atoms with Crippen molar-refractivity contribution in [2.75, 3.05) is 12.4 Å². The maximum absolute atomic E-state index is 13.2. The number of carbonyl (C=O) groups is 1. The second-order valence-corrected chi connectivity index (χ2v) is 6.80. The van der Waals surface area contributed by atoms with Crippen molar-refractivity contribution in [3.05, 3.63) is 11.9 Å². The number of anilines is 1. The third-order valence-corrected chi connectivity index (χ3v) is 4.61. The Labute approximate surface area is 140 Å². The summed E-state index contributed by atoms with van der Waals surface area (Å²) < 4.78 is 41.3. The van der Waals surface area contributed by atoms with Crippen LogP contribution in [0.4, 0.5) is 23.7 Å². The molecule has 0 radical (unpaired) electrons. The average Bonchev–Trinajstić information content (AvgIpc) is 2.86. The first-order chi connectivity index (χ1) is 11.1. The zero-order valence-corrected chi connectivity index (χ0v) is 14.5. The van der Waals surface area contributed by atoms with Crippen LogP contribution in [0.2, 0.25) is 0 Å². The molecule has 0 saturated heterocycles. The molecule has 1 aromatic rings. The highest BCUT2D eigenvalue weighted by atomic mass is 19.4. The van der Waals surface area contributed by atoms with Crippen LogP contribution in [0.1, 0.15) is 51.1 Å². The molecular weight excluding hydrogens is 321 g/mol. The third-order valence-electron chi connectivity index (χ3n) is 4.61. The molecule has 1 heterocycles. The maximum Gasteiger partial charge on any atom is 0.393 e. The molecule has 8 heteroatoms. The Morgan fingerprint density at radius 1 is 1.38 bits per heavy atom. The van der Waals surface area contributed by atoms with Gasteiger partial charge in [-0.25, -0.2) is 4.79 Å². The molecule has 0 unspecified atom stereocenters. The minimum Gasteiger partial charge on any atom is -0.324 e. The van der Waals surface area contributed by atoms with E-state index in [2.05, 4.69) is 10.4 Å². The summed E-state index contributed by atoms with van der Waals surface area (Å²) in [5.41, 5.74) is 1.26. The monoisotopic (exact) mass is 346 g/mol. The number of nitrogens with one attached hydrogen (secondary N) is 1. The van der Waals surface area contributed by atoms with Gasteiger partial charge in [0.2, 0.25) is 0 Å². The summed E-state index contributed by atoms with van der Waals surface area (Å²) in [5, 5.41) is 7.01. The van der Waals surface area contributed by atoms with Crippen LogP contribution in [0.3, 0.4) is 0 Å². The summed E-state index contributed by atoms with van der Waals surface area (Å²) in [5.74, 6) is -1.36. The standard InChI is InChI=1S/C16H25F3N4O/c1-10(2)14-12(9-22(3)21-14)20-15(24)23(4)13-8-6-5-7-11(13)16(17,18)19/h9-11,13H,5-8H2,1-4H3,(H,20,24)/t11-,13+/m1/s1. The largest absolute Gasteiger partial charge is 0.393 e. The number of aryl methyl sites for hydroxylation is 1. The average molecular weight is 346 g/mol. The Hall–Kier alpha value is -1.73. The molecule has 2 atom stereocenters. The van der Waals surface area contributed by atoms with Crippen LogP contribution in [0, 0.1) is 5.92 Å². The van der Waals surface area contributed by atoms with Gasteiger partial charge in [-0.2, -0.15) is 18.3 Å². The van der Waals surface area contributed by atoms with Gasteiger partial charge in [-0.3, -0.25) is 4.68 Å². The number of halogens is 3. The minimum atomic E-state index is -4.28. The van der Waals surface area contributed by atoms with E-state index in [1.807, 2.05) is 13.8 Å². The van der Waals surface area contributed by atoms with E-state index in [1.54, 1.807) is 17.9 Å². The van der Waals surface area contributed by atoms with Gasteiger partial charge in [0.25, 0.3) is 0 Å². The molecule has 1 N–H and O–H groups in total. The lowest BCUT2D eigenvalue weighted by Gasteiger charge is -2.38. The molecule has 136 valence electrons. The van der Waals surface area contributed by atoms with E-state index in [9.17, 15) is 18.0 Å². The van der Waals surface area contributed by atoms with Gasteiger partial charge < -0.3 is 10.2 Å². The van der Waals surface area contributed by atoms with Gasteiger partial charge in [-0.1, -0.05) is 26.7 Å². The second kappa shape index (κ2) is 7.03. The lowest BCUT2D eigenvalue weighted by molar-refractivity contribution is -0.195. The lowest BCUT2D eigenvalue weighted by atomic mass is 9.83. The van der Waals surface area contributed by atoms with E-state index in [1.165, 1.54) is 11.9 Å². The van der Waals surface area contributed by atoms with Crippen molar-refractivity contribution in [2.24, 2.45) is 13.0 Å². The van der Waals surface area contributed by atoms with Crippen molar-refractivity contribution in [3.8, 4) is 0 Å². The molecule has 0 spiro atoms. The van der Waals surface area contributed by atoms with E-state index < -0.39 is 24.2 Å². The molecule has 1 fully saturated rings.